The number of nitrogens with two attached hydrogens (primary N) is 1. The molecule has 118 valence electrons. The topological polar surface area (TPSA) is 78.7 Å². The number of nitrogens with zero attached hydrogens (tertiary/aromatic N) is 4. The average Bonchev–Trinajstić information content (AvgIpc) is 3.20. The SMILES string of the molecule is Cn1cc(-n2ncc3ccc(-c4ccccc4C(N)=O)cc32)cn1. The van der Waals surface area contributed by atoms with E-state index in [4.69, 9.17) is 5.73 Å². The van der Waals surface area contributed by atoms with E-state index >= 15 is 0 Å². The molecule has 2 aromatic heterocycles. The predicted molar refractivity (Wildman–Crippen MR) is 91.8 cm³/mol. The Labute approximate surface area is 138 Å². The zero-order valence-electron chi connectivity index (χ0n) is 13.0. The van der Waals surface area contributed by atoms with Crippen molar-refractivity contribution in [2.45, 2.75) is 0 Å². The lowest BCUT2D eigenvalue weighted by Gasteiger charge is -2.08. The normalized spacial score (nSPS) is 11.0. The number of amides is 1. The lowest BCUT2D eigenvalue weighted by molar-refractivity contribution is 0.100. The molecule has 2 N–H and O–H groups in total. The van der Waals surface area contributed by atoms with Gasteiger partial charge in [-0.05, 0) is 23.3 Å². The number of rotatable bonds is 3. The first-order valence-corrected chi connectivity index (χ1v) is 7.49. The summed E-state index contributed by atoms with van der Waals surface area (Å²) < 4.78 is 3.56. The van der Waals surface area contributed by atoms with E-state index in [1.54, 1.807) is 16.9 Å². The molecule has 0 radical (unpaired) electrons. The van der Waals surface area contributed by atoms with Crippen molar-refractivity contribution in [2.75, 3.05) is 0 Å². The van der Waals surface area contributed by atoms with E-state index in [0.717, 1.165) is 27.7 Å². The van der Waals surface area contributed by atoms with Gasteiger partial charge in [0.15, 0.2) is 0 Å². The van der Waals surface area contributed by atoms with Gasteiger partial charge in [-0.15, -0.1) is 0 Å². The molecular formula is C18H15N5O. The standard InChI is InChI=1S/C18H15N5O/c1-22-11-14(10-20-22)23-17-8-12(6-7-13(17)9-21-23)15-4-2-3-5-16(15)18(19)24/h2-11H,1H3,(H2,19,24). The molecule has 1 amide bonds. The van der Waals surface area contributed by atoms with Gasteiger partial charge < -0.3 is 5.73 Å². The van der Waals surface area contributed by atoms with E-state index in [1.807, 2.05) is 60.5 Å². The van der Waals surface area contributed by atoms with Crippen LogP contribution >= 0.6 is 0 Å². The molecule has 0 atom stereocenters. The fourth-order valence-electron chi connectivity index (χ4n) is 2.86. The average molecular weight is 317 g/mol. The third-order valence-corrected chi connectivity index (χ3v) is 4.01. The Morgan fingerprint density at radius 1 is 1.08 bits per heavy atom. The van der Waals surface area contributed by atoms with Crippen LogP contribution in [0.3, 0.4) is 0 Å². The van der Waals surface area contributed by atoms with Crippen molar-refractivity contribution in [3.63, 3.8) is 0 Å². The van der Waals surface area contributed by atoms with Crippen molar-refractivity contribution in [3.05, 3.63) is 66.6 Å². The molecule has 24 heavy (non-hydrogen) atoms. The maximum Gasteiger partial charge on any atom is 0.249 e. The summed E-state index contributed by atoms with van der Waals surface area (Å²) in [7, 11) is 1.86. The predicted octanol–water partition coefficient (Wildman–Crippen LogP) is 2.52. The summed E-state index contributed by atoms with van der Waals surface area (Å²) in [6.07, 6.45) is 5.47. The second kappa shape index (κ2) is 5.34. The van der Waals surface area contributed by atoms with Gasteiger partial charge in [0.2, 0.25) is 5.91 Å². The zero-order chi connectivity index (χ0) is 16.7. The molecule has 6 nitrogen and oxygen atoms in total. The van der Waals surface area contributed by atoms with E-state index in [1.165, 1.54) is 0 Å². The van der Waals surface area contributed by atoms with Gasteiger partial charge in [-0.25, -0.2) is 4.68 Å². The molecule has 0 fully saturated rings. The highest BCUT2D eigenvalue weighted by atomic mass is 16.1. The van der Waals surface area contributed by atoms with Crippen molar-refractivity contribution in [3.8, 4) is 16.8 Å². The number of benzene rings is 2. The molecule has 6 heteroatoms. The quantitative estimate of drug-likeness (QED) is 0.630. The van der Waals surface area contributed by atoms with Gasteiger partial charge >= 0.3 is 0 Å². The highest BCUT2D eigenvalue weighted by molar-refractivity contribution is 6.00. The molecule has 0 unspecified atom stereocenters. The van der Waals surface area contributed by atoms with E-state index < -0.39 is 5.91 Å². The van der Waals surface area contributed by atoms with Gasteiger partial charge in [0, 0.05) is 18.0 Å². The Kier molecular flexibility index (Phi) is 3.16. The van der Waals surface area contributed by atoms with Gasteiger partial charge in [-0.1, -0.05) is 30.3 Å². The number of carbonyl (C=O) groups excluding carboxylic acids is 1. The van der Waals surface area contributed by atoms with Crippen LogP contribution in [0.25, 0.3) is 27.7 Å². The number of fused-ring (bicyclic) bond motifs is 1. The fourth-order valence-corrected chi connectivity index (χ4v) is 2.86. The Morgan fingerprint density at radius 2 is 1.92 bits per heavy atom. The number of aryl methyl sites for hydroxylation is 1. The lowest BCUT2D eigenvalue weighted by atomic mass is 9.98. The van der Waals surface area contributed by atoms with Crippen molar-refractivity contribution in [1.29, 1.82) is 0 Å². The summed E-state index contributed by atoms with van der Waals surface area (Å²) in [6.45, 7) is 0. The number of hydrogen-bond donors (Lipinski definition) is 1. The number of primary amides is 1. The largest absolute Gasteiger partial charge is 0.366 e. The third-order valence-electron chi connectivity index (χ3n) is 4.01. The van der Waals surface area contributed by atoms with Crippen LogP contribution in [0.5, 0.6) is 0 Å². The zero-order valence-corrected chi connectivity index (χ0v) is 13.0. The first-order chi connectivity index (χ1) is 11.6. The minimum absolute atomic E-state index is 0.438. The van der Waals surface area contributed by atoms with E-state index in [0.29, 0.717) is 5.56 Å². The minimum Gasteiger partial charge on any atom is -0.366 e. The Morgan fingerprint density at radius 3 is 2.67 bits per heavy atom. The van der Waals surface area contributed by atoms with Crippen LogP contribution in [-0.2, 0) is 7.05 Å². The Hall–Kier alpha value is -3.41. The summed E-state index contributed by atoms with van der Waals surface area (Å²) in [5.74, 6) is -0.438. The van der Waals surface area contributed by atoms with Crippen molar-refractivity contribution >= 4 is 16.8 Å². The fraction of sp³-hybridized carbons (Fsp3) is 0.0556. The maximum absolute atomic E-state index is 11.7. The summed E-state index contributed by atoms with van der Waals surface area (Å²) in [5.41, 5.74) is 9.56. The molecule has 2 aromatic carbocycles. The van der Waals surface area contributed by atoms with Crippen molar-refractivity contribution in [2.24, 2.45) is 12.8 Å². The maximum atomic E-state index is 11.7. The molecule has 0 saturated carbocycles. The molecule has 0 aliphatic heterocycles. The second-order valence-corrected chi connectivity index (χ2v) is 5.61. The molecule has 0 aliphatic rings. The first kappa shape index (κ1) is 14.2. The van der Waals surface area contributed by atoms with Gasteiger partial charge in [-0.3, -0.25) is 9.48 Å². The van der Waals surface area contributed by atoms with Crippen LogP contribution in [0.2, 0.25) is 0 Å². The van der Waals surface area contributed by atoms with Crippen LogP contribution in [0.4, 0.5) is 0 Å². The minimum atomic E-state index is -0.438. The van der Waals surface area contributed by atoms with Gasteiger partial charge in [0.1, 0.15) is 5.69 Å². The molecule has 0 aliphatic carbocycles. The smallest absolute Gasteiger partial charge is 0.249 e. The summed E-state index contributed by atoms with van der Waals surface area (Å²) in [6, 6.07) is 13.3. The van der Waals surface area contributed by atoms with Crippen LogP contribution in [0, 0.1) is 0 Å². The molecule has 2 heterocycles. The van der Waals surface area contributed by atoms with Crippen molar-refractivity contribution in [1.82, 2.24) is 19.6 Å². The number of hydrogen-bond acceptors (Lipinski definition) is 3. The van der Waals surface area contributed by atoms with Gasteiger partial charge in [0.05, 0.1) is 24.1 Å². The Balaban J connectivity index is 1.92. The summed E-state index contributed by atoms with van der Waals surface area (Å²) in [5, 5.41) is 9.65. The molecule has 0 bridgehead atoms. The first-order valence-electron chi connectivity index (χ1n) is 7.49. The number of aromatic nitrogens is 4. The van der Waals surface area contributed by atoms with Gasteiger partial charge in [-0.2, -0.15) is 10.2 Å². The van der Waals surface area contributed by atoms with Gasteiger partial charge in [0.25, 0.3) is 0 Å². The molecule has 0 spiro atoms. The monoisotopic (exact) mass is 317 g/mol. The third kappa shape index (κ3) is 2.25. The van der Waals surface area contributed by atoms with Crippen molar-refractivity contribution < 1.29 is 4.79 Å². The molecule has 0 saturated heterocycles. The van der Waals surface area contributed by atoms with Crippen LogP contribution in [-0.4, -0.2) is 25.5 Å². The molecule has 4 aromatic rings. The van der Waals surface area contributed by atoms with E-state index in [2.05, 4.69) is 10.2 Å². The second-order valence-electron chi connectivity index (χ2n) is 5.61. The molecule has 4 rings (SSSR count). The van der Waals surface area contributed by atoms with Crippen LogP contribution < -0.4 is 5.73 Å². The lowest BCUT2D eigenvalue weighted by Crippen LogP contribution is -2.12. The Bertz CT molecular complexity index is 1060. The van der Waals surface area contributed by atoms with E-state index in [9.17, 15) is 4.79 Å². The highest BCUT2D eigenvalue weighted by Gasteiger charge is 2.12. The summed E-state index contributed by atoms with van der Waals surface area (Å²) in [4.78, 5) is 11.7. The van der Waals surface area contributed by atoms with Crippen LogP contribution in [0.1, 0.15) is 10.4 Å². The summed E-state index contributed by atoms with van der Waals surface area (Å²) >= 11 is 0. The van der Waals surface area contributed by atoms with Crippen LogP contribution in [0.15, 0.2) is 61.1 Å². The van der Waals surface area contributed by atoms with E-state index in [-0.39, 0.29) is 0 Å². The highest BCUT2D eigenvalue weighted by Crippen LogP contribution is 2.28. The molecular weight excluding hydrogens is 302 g/mol. The number of carbonyl (C=O) groups is 1.